The molecule has 0 aromatic heterocycles. The Balaban J connectivity index is 1.28. The van der Waals surface area contributed by atoms with Crippen molar-refractivity contribution >= 4 is 0 Å². The molecule has 0 aliphatic carbocycles. The Kier molecular flexibility index (Phi) is 12.3. The van der Waals surface area contributed by atoms with Gasteiger partial charge in [0.15, 0.2) is 29.5 Å². The molecule has 4 rings (SSSR count). The van der Waals surface area contributed by atoms with Gasteiger partial charge in [0, 0.05) is 17.0 Å². The first-order valence-corrected chi connectivity index (χ1v) is 15.3. The van der Waals surface area contributed by atoms with Crippen LogP contribution in [-0.4, -0.2) is 26.1 Å². The molecule has 0 bridgehead atoms. The van der Waals surface area contributed by atoms with Gasteiger partial charge in [-0.2, -0.15) is 4.39 Å². The first kappa shape index (κ1) is 32.0. The smallest absolute Gasteiger partial charge is 0.201 e. The topological polar surface area (TPSA) is 27.7 Å². The van der Waals surface area contributed by atoms with Crippen LogP contribution in [0.4, 0.5) is 17.6 Å². The second-order valence-electron chi connectivity index (χ2n) is 11.1. The van der Waals surface area contributed by atoms with Crippen LogP contribution < -0.4 is 4.74 Å². The molecule has 0 radical (unpaired) electrons. The summed E-state index contributed by atoms with van der Waals surface area (Å²) in [5.74, 6) is -3.89. The lowest BCUT2D eigenvalue weighted by molar-refractivity contribution is -0.204. The van der Waals surface area contributed by atoms with E-state index in [4.69, 9.17) is 14.2 Å². The van der Waals surface area contributed by atoms with Gasteiger partial charge >= 0.3 is 0 Å². The molecule has 0 unspecified atom stereocenters. The van der Waals surface area contributed by atoms with E-state index in [0.717, 1.165) is 12.8 Å². The molecule has 3 aromatic carbocycles. The van der Waals surface area contributed by atoms with E-state index in [9.17, 15) is 8.78 Å². The van der Waals surface area contributed by atoms with E-state index in [-0.39, 0.29) is 35.7 Å². The highest BCUT2D eigenvalue weighted by atomic mass is 19.2. The highest BCUT2D eigenvalue weighted by Crippen LogP contribution is 2.33. The average molecular weight is 587 g/mol. The lowest BCUT2D eigenvalue weighted by Gasteiger charge is -2.29. The van der Waals surface area contributed by atoms with E-state index in [1.165, 1.54) is 50.7 Å². The van der Waals surface area contributed by atoms with Gasteiger partial charge in [-0.1, -0.05) is 81.8 Å². The lowest BCUT2D eigenvalue weighted by Crippen LogP contribution is -2.32. The summed E-state index contributed by atoms with van der Waals surface area (Å²) >= 11 is 0. The second kappa shape index (κ2) is 16.1. The van der Waals surface area contributed by atoms with E-state index in [2.05, 4.69) is 6.92 Å². The van der Waals surface area contributed by atoms with Crippen molar-refractivity contribution in [1.82, 2.24) is 0 Å². The van der Waals surface area contributed by atoms with Gasteiger partial charge < -0.3 is 14.2 Å². The van der Waals surface area contributed by atoms with Crippen LogP contribution in [0.3, 0.4) is 0 Å². The van der Waals surface area contributed by atoms with Crippen molar-refractivity contribution in [1.29, 1.82) is 0 Å². The molecule has 0 saturated carbocycles. The van der Waals surface area contributed by atoms with Crippen molar-refractivity contribution in [3.05, 3.63) is 77.4 Å². The number of aryl methyl sites for hydroxylation is 1. The molecule has 3 nitrogen and oxygen atoms in total. The molecule has 1 fully saturated rings. The largest absolute Gasteiger partial charge is 0.491 e. The summed E-state index contributed by atoms with van der Waals surface area (Å²) < 4.78 is 75.9. The monoisotopic (exact) mass is 586 g/mol. The van der Waals surface area contributed by atoms with Crippen molar-refractivity contribution in [2.75, 3.05) is 19.8 Å². The third-order valence-electron chi connectivity index (χ3n) is 7.92. The Morgan fingerprint density at radius 2 is 1.21 bits per heavy atom. The molecule has 7 heteroatoms. The van der Waals surface area contributed by atoms with Crippen LogP contribution in [0.25, 0.3) is 22.3 Å². The lowest BCUT2D eigenvalue weighted by atomic mass is 9.95. The van der Waals surface area contributed by atoms with Crippen LogP contribution >= 0.6 is 0 Å². The molecule has 1 aliphatic heterocycles. The molecule has 0 atom stereocenters. The quantitative estimate of drug-likeness (QED) is 0.131. The molecule has 1 saturated heterocycles. The van der Waals surface area contributed by atoms with Gasteiger partial charge in [0.25, 0.3) is 0 Å². The zero-order valence-electron chi connectivity index (χ0n) is 24.7. The normalized spacial score (nSPS) is 17.0. The Labute approximate surface area is 247 Å². The van der Waals surface area contributed by atoms with Crippen LogP contribution in [0.1, 0.15) is 77.2 Å². The summed E-state index contributed by atoms with van der Waals surface area (Å²) in [6.45, 7) is 5.25. The number of halogens is 4. The van der Waals surface area contributed by atoms with Crippen molar-refractivity contribution in [2.45, 2.75) is 84.3 Å². The maximum atomic E-state index is 15.1. The third kappa shape index (κ3) is 8.35. The molecular formula is C35H42F4O3. The van der Waals surface area contributed by atoms with Crippen LogP contribution in [-0.2, 0) is 15.9 Å². The number of hydrogen-bond donors (Lipinski definition) is 0. The molecule has 0 amide bonds. The SMILES string of the molecule is CCCCCCCCCC1OCC(CCc2ccc(-c3ccc(-c4ccc(OCC)c(F)c4F)cc3)c(F)c2F)CO1. The van der Waals surface area contributed by atoms with Crippen molar-refractivity contribution < 1.29 is 31.8 Å². The summed E-state index contributed by atoms with van der Waals surface area (Å²) in [5.41, 5.74) is 1.33. The zero-order chi connectivity index (χ0) is 29.9. The molecule has 1 heterocycles. The fourth-order valence-corrected chi connectivity index (χ4v) is 5.40. The minimum Gasteiger partial charge on any atom is -0.491 e. The van der Waals surface area contributed by atoms with Gasteiger partial charge in [-0.15, -0.1) is 0 Å². The van der Waals surface area contributed by atoms with Gasteiger partial charge in [0.05, 0.1) is 19.8 Å². The summed E-state index contributed by atoms with van der Waals surface area (Å²) in [6.07, 6.45) is 10.5. The average Bonchev–Trinajstić information content (AvgIpc) is 3.01. The third-order valence-corrected chi connectivity index (χ3v) is 7.92. The fourth-order valence-electron chi connectivity index (χ4n) is 5.40. The number of ether oxygens (including phenoxy) is 3. The summed E-state index contributed by atoms with van der Waals surface area (Å²) in [7, 11) is 0. The Hall–Kier alpha value is -2.90. The molecule has 0 spiro atoms. The fraction of sp³-hybridized carbons (Fsp3) is 0.486. The number of rotatable bonds is 15. The van der Waals surface area contributed by atoms with Crippen molar-refractivity contribution in [2.24, 2.45) is 5.92 Å². The summed E-state index contributed by atoms with van der Waals surface area (Å²) in [4.78, 5) is 0. The Morgan fingerprint density at radius 3 is 1.83 bits per heavy atom. The van der Waals surface area contributed by atoms with E-state index in [0.29, 0.717) is 42.7 Å². The molecule has 42 heavy (non-hydrogen) atoms. The molecule has 1 aliphatic rings. The molecule has 228 valence electrons. The van der Waals surface area contributed by atoms with Gasteiger partial charge in [-0.05, 0) is 61.4 Å². The van der Waals surface area contributed by atoms with E-state index < -0.39 is 23.3 Å². The standard InChI is InChI=1S/C35H42F4O3/c1-3-5-6-7-8-9-10-11-31-41-22-24(23-42-31)12-13-27-18-19-28(33(37)32(27)36)25-14-16-26(17-15-25)29-20-21-30(40-4-2)35(39)34(29)38/h14-21,24,31H,3-13,22-23H2,1-2H3. The number of hydrogen-bond acceptors (Lipinski definition) is 3. The van der Waals surface area contributed by atoms with E-state index in [1.54, 1.807) is 43.3 Å². The van der Waals surface area contributed by atoms with Gasteiger partial charge in [-0.3, -0.25) is 0 Å². The maximum absolute atomic E-state index is 15.1. The van der Waals surface area contributed by atoms with Crippen LogP contribution in [0, 0.1) is 29.2 Å². The van der Waals surface area contributed by atoms with Crippen LogP contribution in [0.15, 0.2) is 48.5 Å². The molecule has 3 aromatic rings. The maximum Gasteiger partial charge on any atom is 0.201 e. The Bertz CT molecular complexity index is 1270. The predicted molar refractivity (Wildman–Crippen MR) is 158 cm³/mol. The highest BCUT2D eigenvalue weighted by molar-refractivity contribution is 5.71. The zero-order valence-corrected chi connectivity index (χ0v) is 24.7. The van der Waals surface area contributed by atoms with Crippen LogP contribution in [0.5, 0.6) is 5.75 Å². The van der Waals surface area contributed by atoms with Gasteiger partial charge in [0.1, 0.15) is 0 Å². The second-order valence-corrected chi connectivity index (χ2v) is 11.1. The minimum atomic E-state index is -1.06. The van der Waals surface area contributed by atoms with Gasteiger partial charge in [0.2, 0.25) is 5.82 Å². The Morgan fingerprint density at radius 1 is 0.643 bits per heavy atom. The first-order chi connectivity index (χ1) is 20.4. The summed E-state index contributed by atoms with van der Waals surface area (Å²) in [5, 5.41) is 0. The number of unbranched alkanes of at least 4 members (excludes halogenated alkanes) is 6. The predicted octanol–water partition coefficient (Wildman–Crippen LogP) is 10.0. The van der Waals surface area contributed by atoms with E-state index in [1.807, 2.05) is 0 Å². The van der Waals surface area contributed by atoms with Crippen molar-refractivity contribution in [3.63, 3.8) is 0 Å². The van der Waals surface area contributed by atoms with Crippen molar-refractivity contribution in [3.8, 4) is 28.0 Å². The molecular weight excluding hydrogens is 544 g/mol. The highest BCUT2D eigenvalue weighted by Gasteiger charge is 2.23. The summed E-state index contributed by atoms with van der Waals surface area (Å²) in [6, 6.07) is 12.2. The van der Waals surface area contributed by atoms with E-state index >= 15 is 8.78 Å². The van der Waals surface area contributed by atoms with Crippen LogP contribution in [0.2, 0.25) is 0 Å². The first-order valence-electron chi connectivity index (χ1n) is 15.3. The minimum absolute atomic E-state index is 0.0595. The number of benzene rings is 3. The molecule has 0 N–H and O–H groups in total. The van der Waals surface area contributed by atoms with Gasteiger partial charge in [-0.25, -0.2) is 13.2 Å².